The monoisotopic (exact) mass is 395 g/mol. The Balaban J connectivity index is 2.50. The van der Waals surface area contributed by atoms with Crippen molar-refractivity contribution < 1.29 is 4.74 Å². The van der Waals surface area contributed by atoms with Crippen LogP contribution in [0.25, 0.3) is 11.4 Å². The first kappa shape index (κ1) is 14.0. The van der Waals surface area contributed by atoms with E-state index in [9.17, 15) is 0 Å². The van der Waals surface area contributed by atoms with Crippen LogP contribution in [-0.4, -0.2) is 28.5 Å². The number of ether oxygens (including phenoxy) is 1. The molecule has 0 saturated carbocycles. The van der Waals surface area contributed by atoms with Gasteiger partial charge in [-0.1, -0.05) is 11.6 Å². The van der Waals surface area contributed by atoms with Gasteiger partial charge in [-0.25, -0.2) is 0 Å². The van der Waals surface area contributed by atoms with Gasteiger partial charge in [-0.2, -0.15) is 5.10 Å². The molecule has 1 heterocycles. The molecule has 4 nitrogen and oxygen atoms in total. The first-order chi connectivity index (χ1) is 8.63. The molecule has 0 bridgehead atoms. The summed E-state index contributed by atoms with van der Waals surface area (Å²) in [7, 11) is 1.66. The van der Waals surface area contributed by atoms with E-state index in [0.717, 1.165) is 15.0 Å². The number of nitrogens with one attached hydrogen (secondary N) is 1. The molecule has 1 aromatic heterocycles. The van der Waals surface area contributed by atoms with Gasteiger partial charge in [0.25, 0.3) is 0 Å². The van der Waals surface area contributed by atoms with E-state index in [1.165, 1.54) is 0 Å². The van der Waals surface area contributed by atoms with Crippen LogP contribution in [0.5, 0.6) is 0 Å². The molecule has 0 amide bonds. The van der Waals surface area contributed by atoms with E-state index in [0.29, 0.717) is 22.9 Å². The molecule has 1 N–H and O–H groups in total. The van der Waals surface area contributed by atoms with E-state index in [1.807, 2.05) is 22.8 Å². The average Bonchev–Trinajstić information content (AvgIpc) is 2.71. The van der Waals surface area contributed by atoms with Gasteiger partial charge >= 0.3 is 0 Å². The van der Waals surface area contributed by atoms with Crippen LogP contribution in [0.15, 0.2) is 18.2 Å². The number of hydrogen-bond donors (Lipinski definition) is 1. The second kappa shape index (κ2) is 6.14. The Bertz CT molecular complexity index is 611. The summed E-state index contributed by atoms with van der Waals surface area (Å²) in [4.78, 5) is 0. The van der Waals surface area contributed by atoms with Crippen LogP contribution in [0.2, 0.25) is 5.02 Å². The minimum atomic E-state index is 0.581. The molecular weight excluding hydrogens is 385 g/mol. The highest BCUT2D eigenvalue weighted by atomic mass is 127. The molecule has 0 saturated heterocycles. The van der Waals surface area contributed by atoms with Crippen molar-refractivity contribution >= 4 is 46.4 Å². The quantitative estimate of drug-likeness (QED) is 0.636. The molecule has 0 spiro atoms. The van der Waals surface area contributed by atoms with Crippen molar-refractivity contribution in [3.63, 3.8) is 0 Å². The SMILES string of the molecule is COCCn1c(-c2cc(Cl)ccc2I)n[nH]c1=S. The van der Waals surface area contributed by atoms with Crippen molar-refractivity contribution in [2.75, 3.05) is 13.7 Å². The molecule has 0 aliphatic carbocycles. The van der Waals surface area contributed by atoms with Crippen molar-refractivity contribution in [3.8, 4) is 11.4 Å². The van der Waals surface area contributed by atoms with Crippen LogP contribution < -0.4 is 0 Å². The lowest BCUT2D eigenvalue weighted by Crippen LogP contribution is -2.06. The Labute approximate surface area is 128 Å². The molecule has 0 fully saturated rings. The van der Waals surface area contributed by atoms with E-state index in [1.54, 1.807) is 7.11 Å². The fourth-order valence-corrected chi connectivity index (χ4v) is 2.55. The third-order valence-electron chi connectivity index (χ3n) is 2.45. The normalized spacial score (nSPS) is 10.8. The summed E-state index contributed by atoms with van der Waals surface area (Å²) in [6, 6.07) is 5.70. The molecule has 0 radical (unpaired) electrons. The first-order valence-corrected chi connectivity index (χ1v) is 7.09. The minimum absolute atomic E-state index is 0.581. The fraction of sp³-hybridized carbons (Fsp3) is 0.273. The van der Waals surface area contributed by atoms with Crippen molar-refractivity contribution in [2.45, 2.75) is 6.54 Å². The van der Waals surface area contributed by atoms with E-state index in [4.69, 9.17) is 28.6 Å². The molecule has 96 valence electrons. The Morgan fingerprint density at radius 1 is 1.56 bits per heavy atom. The lowest BCUT2D eigenvalue weighted by molar-refractivity contribution is 0.187. The number of aromatic nitrogens is 3. The second-order valence-corrected chi connectivity index (χ2v) is 5.61. The highest BCUT2D eigenvalue weighted by molar-refractivity contribution is 14.1. The lowest BCUT2D eigenvalue weighted by Gasteiger charge is -2.08. The first-order valence-electron chi connectivity index (χ1n) is 5.23. The number of rotatable bonds is 4. The zero-order chi connectivity index (χ0) is 13.1. The van der Waals surface area contributed by atoms with Crippen LogP contribution in [0, 0.1) is 8.34 Å². The van der Waals surface area contributed by atoms with Crippen LogP contribution in [0.4, 0.5) is 0 Å². The number of H-pyrrole nitrogens is 1. The topological polar surface area (TPSA) is 42.8 Å². The van der Waals surface area contributed by atoms with Gasteiger partial charge in [0.05, 0.1) is 13.2 Å². The smallest absolute Gasteiger partial charge is 0.195 e. The lowest BCUT2D eigenvalue weighted by atomic mass is 10.2. The molecule has 2 rings (SSSR count). The molecule has 18 heavy (non-hydrogen) atoms. The predicted molar refractivity (Wildman–Crippen MR) is 82.5 cm³/mol. The molecule has 0 atom stereocenters. The molecule has 1 aromatic carbocycles. The minimum Gasteiger partial charge on any atom is -0.383 e. The van der Waals surface area contributed by atoms with Gasteiger partial charge in [0.2, 0.25) is 0 Å². The molecule has 0 aliphatic heterocycles. The van der Waals surface area contributed by atoms with E-state index in [-0.39, 0.29) is 0 Å². The zero-order valence-electron chi connectivity index (χ0n) is 9.61. The van der Waals surface area contributed by atoms with Crippen molar-refractivity contribution in [1.29, 1.82) is 0 Å². The summed E-state index contributed by atoms with van der Waals surface area (Å²) in [5.41, 5.74) is 0.964. The largest absolute Gasteiger partial charge is 0.383 e. The number of aromatic amines is 1. The standard InChI is InChI=1S/C11H11ClIN3OS/c1-17-5-4-16-10(14-15-11(16)18)8-6-7(12)2-3-9(8)13/h2-3,6H,4-5H2,1H3,(H,15,18). The Kier molecular flexibility index (Phi) is 4.77. The number of benzene rings is 1. The Hall–Kier alpha value is -0.440. The summed E-state index contributed by atoms with van der Waals surface area (Å²) in [6.45, 7) is 1.24. The van der Waals surface area contributed by atoms with Gasteiger partial charge in [-0.05, 0) is 53.0 Å². The zero-order valence-corrected chi connectivity index (χ0v) is 13.3. The fourth-order valence-electron chi connectivity index (χ4n) is 1.58. The number of halogens is 2. The van der Waals surface area contributed by atoms with E-state index in [2.05, 4.69) is 32.8 Å². The van der Waals surface area contributed by atoms with Crippen LogP contribution in [-0.2, 0) is 11.3 Å². The third kappa shape index (κ3) is 2.93. The van der Waals surface area contributed by atoms with Gasteiger partial charge < -0.3 is 4.74 Å². The Morgan fingerprint density at radius 3 is 3.06 bits per heavy atom. The number of hydrogen-bond acceptors (Lipinski definition) is 3. The van der Waals surface area contributed by atoms with Crippen molar-refractivity contribution in [2.24, 2.45) is 0 Å². The summed E-state index contributed by atoms with van der Waals surface area (Å²) in [5.74, 6) is 0.781. The van der Waals surface area contributed by atoms with E-state index < -0.39 is 0 Å². The highest BCUT2D eigenvalue weighted by Gasteiger charge is 2.12. The highest BCUT2D eigenvalue weighted by Crippen LogP contribution is 2.26. The number of nitrogens with zero attached hydrogens (tertiary/aromatic N) is 2. The molecule has 0 unspecified atom stereocenters. The molecule has 7 heteroatoms. The van der Waals surface area contributed by atoms with Crippen LogP contribution >= 0.6 is 46.4 Å². The summed E-state index contributed by atoms with van der Waals surface area (Å²) in [6.07, 6.45) is 0. The maximum absolute atomic E-state index is 6.03. The van der Waals surface area contributed by atoms with Gasteiger partial charge in [0, 0.05) is 21.3 Å². The molecule has 0 aliphatic rings. The molecule has 2 aromatic rings. The van der Waals surface area contributed by atoms with Gasteiger partial charge in [-0.15, -0.1) is 0 Å². The van der Waals surface area contributed by atoms with Gasteiger partial charge in [0.1, 0.15) is 0 Å². The number of methoxy groups -OCH3 is 1. The summed E-state index contributed by atoms with van der Waals surface area (Å²) >= 11 is 13.5. The maximum Gasteiger partial charge on any atom is 0.195 e. The maximum atomic E-state index is 6.03. The van der Waals surface area contributed by atoms with Crippen LogP contribution in [0.3, 0.4) is 0 Å². The summed E-state index contributed by atoms with van der Waals surface area (Å²) < 4.78 is 8.64. The van der Waals surface area contributed by atoms with E-state index >= 15 is 0 Å². The third-order valence-corrected chi connectivity index (χ3v) is 3.93. The Morgan fingerprint density at radius 2 is 2.33 bits per heavy atom. The second-order valence-electron chi connectivity index (χ2n) is 3.62. The van der Waals surface area contributed by atoms with Crippen LogP contribution in [0.1, 0.15) is 0 Å². The van der Waals surface area contributed by atoms with Gasteiger partial charge in [-0.3, -0.25) is 9.67 Å². The predicted octanol–water partition coefficient (Wildman–Crippen LogP) is 3.51. The van der Waals surface area contributed by atoms with Gasteiger partial charge in [0.15, 0.2) is 10.6 Å². The molecular formula is C11H11ClIN3OS. The summed E-state index contributed by atoms with van der Waals surface area (Å²) in [5, 5.41) is 7.75. The van der Waals surface area contributed by atoms with Crippen molar-refractivity contribution in [3.05, 3.63) is 31.6 Å². The average molecular weight is 396 g/mol. The van der Waals surface area contributed by atoms with Crippen molar-refractivity contribution in [1.82, 2.24) is 14.8 Å².